The summed E-state index contributed by atoms with van der Waals surface area (Å²) in [5.74, 6) is 1.96. The largest absolute Gasteiger partial charge is 0.457 e. The maximum absolute atomic E-state index is 13.0. The average molecular weight is 359 g/mol. The van der Waals surface area contributed by atoms with E-state index in [2.05, 4.69) is 20.8 Å². The third-order valence-corrected chi connectivity index (χ3v) is 5.82. The van der Waals surface area contributed by atoms with Gasteiger partial charge in [0.1, 0.15) is 11.9 Å². The molecule has 3 nitrogen and oxygen atoms in total. The Morgan fingerprint density at radius 2 is 1.85 bits per heavy atom. The smallest absolute Gasteiger partial charge is 0.306 e. The fourth-order valence-corrected chi connectivity index (χ4v) is 4.23. The topological polar surface area (TPSA) is 43.4 Å². The van der Waals surface area contributed by atoms with E-state index >= 15 is 0 Å². The second kappa shape index (κ2) is 9.89. The number of ether oxygens (including phenoxy) is 1. The van der Waals surface area contributed by atoms with E-state index in [0.717, 1.165) is 18.4 Å². The molecule has 1 unspecified atom stereocenters. The Kier molecular flexibility index (Phi) is 7.86. The van der Waals surface area contributed by atoms with Crippen molar-refractivity contribution in [2.75, 3.05) is 0 Å². The molecule has 1 fully saturated rings. The zero-order chi connectivity index (χ0) is 19.1. The van der Waals surface area contributed by atoms with Gasteiger partial charge in [0.15, 0.2) is 0 Å². The van der Waals surface area contributed by atoms with Crippen LogP contribution >= 0.6 is 0 Å². The van der Waals surface area contributed by atoms with Crippen LogP contribution in [0.3, 0.4) is 0 Å². The van der Waals surface area contributed by atoms with Gasteiger partial charge >= 0.3 is 5.97 Å². The van der Waals surface area contributed by atoms with Gasteiger partial charge in [0.25, 0.3) is 0 Å². The molecule has 0 saturated heterocycles. The van der Waals surface area contributed by atoms with Crippen molar-refractivity contribution >= 4 is 11.8 Å². The number of hydrogen-bond acceptors (Lipinski definition) is 3. The summed E-state index contributed by atoms with van der Waals surface area (Å²) in [5, 5.41) is 0. The average Bonchev–Trinajstić information content (AvgIpc) is 2.64. The van der Waals surface area contributed by atoms with Gasteiger partial charge in [-0.3, -0.25) is 9.59 Å². The van der Waals surface area contributed by atoms with E-state index in [4.69, 9.17) is 4.74 Å². The van der Waals surface area contributed by atoms with Gasteiger partial charge in [-0.2, -0.15) is 0 Å². The van der Waals surface area contributed by atoms with Crippen LogP contribution in [-0.4, -0.2) is 11.8 Å². The summed E-state index contributed by atoms with van der Waals surface area (Å²) in [6, 6.07) is 9.78. The quantitative estimate of drug-likeness (QED) is 0.557. The Labute approximate surface area is 158 Å². The minimum absolute atomic E-state index is 0.164. The molecule has 0 heterocycles. The molecule has 2 rings (SSSR count). The Hall–Kier alpha value is -1.64. The number of ketones is 1. The lowest BCUT2D eigenvalue weighted by molar-refractivity contribution is -0.150. The Morgan fingerprint density at radius 1 is 1.15 bits per heavy atom. The van der Waals surface area contributed by atoms with E-state index in [1.54, 1.807) is 6.92 Å². The van der Waals surface area contributed by atoms with E-state index in [0.29, 0.717) is 42.8 Å². The Bertz CT molecular complexity index is 578. The lowest BCUT2D eigenvalue weighted by atomic mass is 9.68. The molecule has 144 valence electrons. The standard InChI is InChI=1S/C23H34O3/c1-5-23(25)26-22(18-9-7-6-8-10-18)14-13-21(24)20-15-17(4)11-12-19(20)16(2)3/h6-10,16-17,19-20,22H,5,11-15H2,1-4H3/t17-,19+,20-,22?/m1/s1. The number of carbonyl (C=O) groups excluding carboxylic acids is 2. The van der Waals surface area contributed by atoms with Crippen LogP contribution in [0.1, 0.15) is 77.9 Å². The van der Waals surface area contributed by atoms with Gasteiger partial charge in [0.2, 0.25) is 0 Å². The van der Waals surface area contributed by atoms with Crippen LogP contribution < -0.4 is 0 Å². The van der Waals surface area contributed by atoms with Gasteiger partial charge < -0.3 is 4.74 Å². The van der Waals surface area contributed by atoms with Crippen molar-refractivity contribution in [1.82, 2.24) is 0 Å². The highest BCUT2D eigenvalue weighted by Gasteiger charge is 2.35. The van der Waals surface area contributed by atoms with Crippen molar-refractivity contribution < 1.29 is 14.3 Å². The van der Waals surface area contributed by atoms with Crippen molar-refractivity contribution in [3.63, 3.8) is 0 Å². The van der Waals surface area contributed by atoms with Crippen molar-refractivity contribution in [1.29, 1.82) is 0 Å². The van der Waals surface area contributed by atoms with Gasteiger partial charge in [-0.25, -0.2) is 0 Å². The SMILES string of the molecule is CCC(=O)OC(CCC(=O)[C@@H]1C[C@H](C)CC[C@H]1C(C)C)c1ccccc1. The molecule has 0 N–H and O–H groups in total. The van der Waals surface area contributed by atoms with Crippen LogP contribution in [0, 0.1) is 23.7 Å². The molecule has 4 atom stereocenters. The molecule has 3 heteroatoms. The van der Waals surface area contributed by atoms with Crippen LogP contribution in [0.25, 0.3) is 0 Å². The normalized spacial score (nSPS) is 24.3. The highest BCUT2D eigenvalue weighted by Crippen LogP contribution is 2.39. The second-order valence-electron chi connectivity index (χ2n) is 8.18. The van der Waals surface area contributed by atoms with Crippen LogP contribution in [0.2, 0.25) is 0 Å². The zero-order valence-corrected chi connectivity index (χ0v) is 16.7. The van der Waals surface area contributed by atoms with E-state index in [1.165, 1.54) is 6.42 Å². The van der Waals surface area contributed by atoms with E-state index in [9.17, 15) is 9.59 Å². The number of esters is 1. The van der Waals surface area contributed by atoms with Gasteiger partial charge in [0, 0.05) is 18.8 Å². The molecule has 0 spiro atoms. The van der Waals surface area contributed by atoms with Crippen LogP contribution in [-0.2, 0) is 14.3 Å². The molecule has 1 aromatic rings. The van der Waals surface area contributed by atoms with Crippen LogP contribution in [0.15, 0.2) is 30.3 Å². The first kappa shape index (κ1) is 20.7. The number of benzene rings is 1. The predicted octanol–water partition coefficient (Wildman–Crippen LogP) is 5.74. The molecule has 1 aromatic carbocycles. The summed E-state index contributed by atoms with van der Waals surface area (Å²) in [6.45, 7) is 8.52. The molecule has 0 amide bonds. The minimum atomic E-state index is -0.328. The summed E-state index contributed by atoms with van der Waals surface area (Å²) in [4.78, 5) is 24.8. The van der Waals surface area contributed by atoms with Crippen molar-refractivity contribution in [2.24, 2.45) is 23.7 Å². The van der Waals surface area contributed by atoms with Crippen LogP contribution in [0.5, 0.6) is 0 Å². The Balaban J connectivity index is 2.04. The molecule has 0 aliphatic heterocycles. The molecule has 1 aliphatic rings. The highest BCUT2D eigenvalue weighted by molar-refractivity contribution is 5.81. The molecular formula is C23H34O3. The first-order valence-electron chi connectivity index (χ1n) is 10.2. The summed E-state index contributed by atoms with van der Waals surface area (Å²) in [6.07, 6.45) is 4.47. The Morgan fingerprint density at radius 3 is 2.46 bits per heavy atom. The maximum atomic E-state index is 13.0. The zero-order valence-electron chi connectivity index (χ0n) is 16.7. The number of hydrogen-bond donors (Lipinski definition) is 0. The van der Waals surface area contributed by atoms with Crippen molar-refractivity contribution in [3.05, 3.63) is 35.9 Å². The van der Waals surface area contributed by atoms with Gasteiger partial charge in [0.05, 0.1) is 0 Å². The minimum Gasteiger partial charge on any atom is -0.457 e. The summed E-state index contributed by atoms with van der Waals surface area (Å²) < 4.78 is 5.63. The van der Waals surface area contributed by atoms with Crippen molar-refractivity contribution in [2.45, 2.75) is 72.3 Å². The number of carbonyl (C=O) groups is 2. The van der Waals surface area contributed by atoms with Gasteiger partial charge in [-0.1, -0.05) is 64.4 Å². The monoisotopic (exact) mass is 358 g/mol. The third-order valence-electron chi connectivity index (χ3n) is 5.82. The molecule has 26 heavy (non-hydrogen) atoms. The first-order valence-corrected chi connectivity index (χ1v) is 10.2. The second-order valence-corrected chi connectivity index (χ2v) is 8.18. The predicted molar refractivity (Wildman–Crippen MR) is 105 cm³/mol. The van der Waals surface area contributed by atoms with Crippen LogP contribution in [0.4, 0.5) is 0 Å². The molecule has 0 radical (unpaired) electrons. The number of rotatable bonds is 8. The molecule has 0 aromatic heterocycles. The molecule has 1 saturated carbocycles. The lowest BCUT2D eigenvalue weighted by Gasteiger charge is -2.36. The van der Waals surface area contributed by atoms with Gasteiger partial charge in [-0.05, 0) is 42.6 Å². The van der Waals surface area contributed by atoms with E-state index in [-0.39, 0.29) is 18.0 Å². The van der Waals surface area contributed by atoms with Crippen molar-refractivity contribution in [3.8, 4) is 0 Å². The molecule has 0 bridgehead atoms. The van der Waals surface area contributed by atoms with Gasteiger partial charge in [-0.15, -0.1) is 0 Å². The first-order chi connectivity index (χ1) is 12.4. The maximum Gasteiger partial charge on any atom is 0.306 e. The number of Topliss-reactive ketones (excluding diaryl/α,β-unsaturated/α-hetero) is 1. The van der Waals surface area contributed by atoms with E-state index < -0.39 is 0 Å². The molecular weight excluding hydrogens is 324 g/mol. The fourth-order valence-electron chi connectivity index (χ4n) is 4.23. The summed E-state index contributed by atoms with van der Waals surface area (Å²) in [7, 11) is 0. The van der Waals surface area contributed by atoms with E-state index in [1.807, 2.05) is 30.3 Å². The third kappa shape index (κ3) is 5.69. The fraction of sp³-hybridized carbons (Fsp3) is 0.652. The highest BCUT2D eigenvalue weighted by atomic mass is 16.5. The summed E-state index contributed by atoms with van der Waals surface area (Å²) >= 11 is 0. The lowest BCUT2D eigenvalue weighted by Crippen LogP contribution is -2.33. The summed E-state index contributed by atoms with van der Waals surface area (Å²) in [5.41, 5.74) is 0.972. The molecule has 1 aliphatic carbocycles.